The van der Waals surface area contributed by atoms with E-state index in [1.807, 2.05) is 24.3 Å². The van der Waals surface area contributed by atoms with Gasteiger partial charge in [0.05, 0.1) is 6.26 Å². The van der Waals surface area contributed by atoms with Crippen molar-refractivity contribution in [1.29, 1.82) is 0 Å². The molecule has 0 N–H and O–H groups in total. The largest absolute Gasteiger partial charge is 0.465 e. The third kappa shape index (κ3) is 4.13. The summed E-state index contributed by atoms with van der Waals surface area (Å²) >= 11 is 0. The van der Waals surface area contributed by atoms with E-state index in [-0.39, 0.29) is 0 Å². The monoisotopic (exact) mass is 190 g/mol. The fraction of sp³-hybridized carbons (Fsp3) is 0.385. The van der Waals surface area contributed by atoms with Crippen LogP contribution in [-0.2, 0) is 0 Å². The van der Waals surface area contributed by atoms with Gasteiger partial charge >= 0.3 is 0 Å². The SMILES string of the molecule is Cc1ccc(O/C=C/CC(C)C)cc1. The normalized spacial score (nSPS) is 11.1. The van der Waals surface area contributed by atoms with Crippen LogP contribution >= 0.6 is 0 Å². The van der Waals surface area contributed by atoms with Crippen molar-refractivity contribution in [3.8, 4) is 5.75 Å². The van der Waals surface area contributed by atoms with Crippen LogP contribution < -0.4 is 4.74 Å². The molecular weight excluding hydrogens is 172 g/mol. The molecular formula is C13H18O. The maximum absolute atomic E-state index is 5.43. The van der Waals surface area contributed by atoms with Gasteiger partial charge in [-0.2, -0.15) is 0 Å². The van der Waals surface area contributed by atoms with Gasteiger partial charge in [0.15, 0.2) is 0 Å². The van der Waals surface area contributed by atoms with Crippen molar-refractivity contribution in [3.05, 3.63) is 42.2 Å². The molecule has 0 atom stereocenters. The summed E-state index contributed by atoms with van der Waals surface area (Å²) < 4.78 is 5.43. The molecule has 0 saturated heterocycles. The first kappa shape index (κ1) is 10.8. The Balaban J connectivity index is 2.38. The van der Waals surface area contributed by atoms with E-state index >= 15 is 0 Å². The highest BCUT2D eigenvalue weighted by Crippen LogP contribution is 2.11. The minimum Gasteiger partial charge on any atom is -0.465 e. The van der Waals surface area contributed by atoms with Crippen molar-refractivity contribution in [1.82, 2.24) is 0 Å². The van der Waals surface area contributed by atoms with E-state index in [1.54, 1.807) is 6.26 Å². The Morgan fingerprint density at radius 2 is 1.86 bits per heavy atom. The standard InChI is InChI=1S/C13H18O/c1-11(2)5-4-10-14-13-8-6-12(3)7-9-13/h4,6-11H,5H2,1-3H3/b10-4+. The van der Waals surface area contributed by atoms with E-state index < -0.39 is 0 Å². The number of allylic oxidation sites excluding steroid dienone is 1. The molecule has 0 radical (unpaired) electrons. The third-order valence-electron chi connectivity index (χ3n) is 1.93. The van der Waals surface area contributed by atoms with E-state index in [0.29, 0.717) is 5.92 Å². The summed E-state index contributed by atoms with van der Waals surface area (Å²) in [6.07, 6.45) is 4.89. The summed E-state index contributed by atoms with van der Waals surface area (Å²) in [5, 5.41) is 0. The average Bonchev–Trinajstić information content (AvgIpc) is 2.15. The van der Waals surface area contributed by atoms with Gasteiger partial charge in [-0.15, -0.1) is 0 Å². The molecule has 0 aliphatic carbocycles. The zero-order chi connectivity index (χ0) is 10.4. The lowest BCUT2D eigenvalue weighted by molar-refractivity contribution is 0.475. The molecule has 1 nitrogen and oxygen atoms in total. The van der Waals surface area contributed by atoms with Gasteiger partial charge in [0.1, 0.15) is 5.75 Å². The molecule has 0 bridgehead atoms. The molecule has 0 saturated carbocycles. The fourth-order valence-electron chi connectivity index (χ4n) is 1.07. The summed E-state index contributed by atoms with van der Waals surface area (Å²) in [6.45, 7) is 6.45. The lowest BCUT2D eigenvalue weighted by atomic mass is 10.1. The van der Waals surface area contributed by atoms with Crippen LogP contribution in [0, 0.1) is 12.8 Å². The molecule has 0 heterocycles. The van der Waals surface area contributed by atoms with Crippen LogP contribution in [0.5, 0.6) is 5.75 Å². The molecule has 1 heteroatoms. The van der Waals surface area contributed by atoms with Crippen molar-refractivity contribution in [2.24, 2.45) is 5.92 Å². The second-order valence-electron chi connectivity index (χ2n) is 3.93. The minimum atomic E-state index is 0.688. The molecule has 0 aliphatic rings. The van der Waals surface area contributed by atoms with Gasteiger partial charge in [-0.1, -0.05) is 31.5 Å². The number of hydrogen-bond acceptors (Lipinski definition) is 1. The van der Waals surface area contributed by atoms with Crippen molar-refractivity contribution < 1.29 is 4.74 Å². The topological polar surface area (TPSA) is 9.23 Å². The van der Waals surface area contributed by atoms with Gasteiger partial charge in [0.2, 0.25) is 0 Å². The van der Waals surface area contributed by atoms with Crippen LogP contribution in [0.3, 0.4) is 0 Å². The molecule has 14 heavy (non-hydrogen) atoms. The fourth-order valence-corrected chi connectivity index (χ4v) is 1.07. The Hall–Kier alpha value is -1.24. The average molecular weight is 190 g/mol. The van der Waals surface area contributed by atoms with Crippen LogP contribution in [-0.4, -0.2) is 0 Å². The Morgan fingerprint density at radius 3 is 2.43 bits per heavy atom. The smallest absolute Gasteiger partial charge is 0.126 e. The van der Waals surface area contributed by atoms with Crippen molar-refractivity contribution in [2.45, 2.75) is 27.2 Å². The van der Waals surface area contributed by atoms with Gasteiger partial charge in [-0.05, 0) is 37.5 Å². The lowest BCUT2D eigenvalue weighted by Crippen LogP contribution is -1.85. The predicted octanol–water partition coefficient (Wildman–Crippen LogP) is 3.93. The van der Waals surface area contributed by atoms with Gasteiger partial charge in [0, 0.05) is 0 Å². The maximum atomic E-state index is 5.43. The first-order valence-electron chi connectivity index (χ1n) is 5.07. The molecule has 1 aromatic carbocycles. The summed E-state index contributed by atoms with van der Waals surface area (Å²) in [7, 11) is 0. The lowest BCUT2D eigenvalue weighted by Gasteiger charge is -2.01. The molecule has 0 aliphatic heterocycles. The summed E-state index contributed by atoms with van der Waals surface area (Å²) in [6, 6.07) is 8.06. The van der Waals surface area contributed by atoms with Crippen LogP contribution in [0.2, 0.25) is 0 Å². The number of ether oxygens (including phenoxy) is 1. The molecule has 1 rings (SSSR count). The van der Waals surface area contributed by atoms with E-state index in [2.05, 4.69) is 26.8 Å². The van der Waals surface area contributed by atoms with Crippen molar-refractivity contribution in [3.63, 3.8) is 0 Å². The predicted molar refractivity (Wildman–Crippen MR) is 60.4 cm³/mol. The van der Waals surface area contributed by atoms with Gasteiger partial charge in [-0.3, -0.25) is 0 Å². The molecule has 0 fully saturated rings. The highest BCUT2D eigenvalue weighted by atomic mass is 16.5. The Morgan fingerprint density at radius 1 is 1.21 bits per heavy atom. The van der Waals surface area contributed by atoms with Gasteiger partial charge in [-0.25, -0.2) is 0 Å². The molecule has 0 spiro atoms. The van der Waals surface area contributed by atoms with Crippen LogP contribution in [0.1, 0.15) is 25.8 Å². The quantitative estimate of drug-likeness (QED) is 0.653. The molecule has 1 aromatic rings. The number of rotatable bonds is 4. The van der Waals surface area contributed by atoms with Crippen LogP contribution in [0.25, 0.3) is 0 Å². The van der Waals surface area contributed by atoms with Gasteiger partial charge < -0.3 is 4.74 Å². The maximum Gasteiger partial charge on any atom is 0.126 e. The zero-order valence-corrected chi connectivity index (χ0v) is 9.16. The summed E-state index contributed by atoms with van der Waals surface area (Å²) in [5.41, 5.74) is 1.25. The second-order valence-corrected chi connectivity index (χ2v) is 3.93. The molecule has 76 valence electrons. The number of hydrogen-bond donors (Lipinski definition) is 0. The first-order chi connectivity index (χ1) is 6.68. The van der Waals surface area contributed by atoms with E-state index in [1.165, 1.54) is 5.56 Å². The highest BCUT2D eigenvalue weighted by Gasteiger charge is 1.90. The van der Waals surface area contributed by atoms with E-state index in [9.17, 15) is 0 Å². The molecule has 0 amide bonds. The minimum absolute atomic E-state index is 0.688. The number of aryl methyl sites for hydroxylation is 1. The number of benzene rings is 1. The van der Waals surface area contributed by atoms with Crippen molar-refractivity contribution in [2.75, 3.05) is 0 Å². The van der Waals surface area contributed by atoms with Gasteiger partial charge in [0.25, 0.3) is 0 Å². The highest BCUT2D eigenvalue weighted by molar-refractivity contribution is 5.26. The first-order valence-corrected chi connectivity index (χ1v) is 5.07. The van der Waals surface area contributed by atoms with E-state index in [4.69, 9.17) is 4.74 Å². The zero-order valence-electron chi connectivity index (χ0n) is 9.16. The Kier molecular flexibility index (Phi) is 4.24. The summed E-state index contributed by atoms with van der Waals surface area (Å²) in [4.78, 5) is 0. The summed E-state index contributed by atoms with van der Waals surface area (Å²) in [5.74, 6) is 1.59. The van der Waals surface area contributed by atoms with Crippen LogP contribution in [0.4, 0.5) is 0 Å². The third-order valence-corrected chi connectivity index (χ3v) is 1.93. The Bertz CT molecular complexity index is 283. The second kappa shape index (κ2) is 5.48. The molecule has 0 aromatic heterocycles. The Labute approximate surface area is 86.4 Å². The van der Waals surface area contributed by atoms with Crippen molar-refractivity contribution >= 4 is 0 Å². The van der Waals surface area contributed by atoms with E-state index in [0.717, 1.165) is 12.2 Å². The van der Waals surface area contributed by atoms with Crippen LogP contribution in [0.15, 0.2) is 36.6 Å². The molecule has 0 unspecified atom stereocenters.